The van der Waals surface area contributed by atoms with Crippen LogP contribution in [-0.4, -0.2) is 13.0 Å². The summed E-state index contributed by atoms with van der Waals surface area (Å²) in [5.41, 5.74) is 0.959. The number of hydrogen-bond acceptors (Lipinski definition) is 2. The maximum atomic E-state index is 13.6. The molecule has 0 aromatic heterocycles. The Bertz CT molecular complexity index is 641. The van der Waals surface area contributed by atoms with Gasteiger partial charge in [0.25, 0.3) is 5.91 Å². The van der Waals surface area contributed by atoms with Gasteiger partial charge in [-0.05, 0) is 48.9 Å². The molecule has 2 aromatic carbocycles. The predicted molar refractivity (Wildman–Crippen MR) is 75.2 cm³/mol. The first-order chi connectivity index (χ1) is 10.0. The van der Waals surface area contributed by atoms with E-state index in [0.717, 1.165) is 0 Å². The molecule has 0 heterocycles. The van der Waals surface area contributed by atoms with Crippen LogP contribution in [0.15, 0.2) is 42.5 Å². The molecule has 0 saturated carbocycles. The number of benzene rings is 2. The van der Waals surface area contributed by atoms with Crippen molar-refractivity contribution in [2.24, 2.45) is 0 Å². The normalized spacial score (nSPS) is 11.8. The molecule has 0 aliphatic rings. The van der Waals surface area contributed by atoms with Gasteiger partial charge in [0.05, 0.1) is 13.2 Å². The van der Waals surface area contributed by atoms with Crippen LogP contribution in [0.2, 0.25) is 0 Å². The smallest absolute Gasteiger partial charge is 0.251 e. The molecule has 0 spiro atoms. The van der Waals surface area contributed by atoms with Crippen molar-refractivity contribution in [1.82, 2.24) is 5.32 Å². The molecule has 2 aromatic rings. The van der Waals surface area contributed by atoms with Crippen LogP contribution in [0.25, 0.3) is 0 Å². The fourth-order valence-corrected chi connectivity index (χ4v) is 1.92. The van der Waals surface area contributed by atoms with Crippen molar-refractivity contribution in [3.8, 4) is 5.75 Å². The van der Waals surface area contributed by atoms with Crippen LogP contribution < -0.4 is 10.1 Å². The van der Waals surface area contributed by atoms with Crippen LogP contribution in [0.5, 0.6) is 5.75 Å². The number of ether oxygens (including phenoxy) is 1. The van der Waals surface area contributed by atoms with Gasteiger partial charge in [-0.15, -0.1) is 0 Å². The largest absolute Gasteiger partial charge is 0.494 e. The first-order valence-corrected chi connectivity index (χ1v) is 6.41. The summed E-state index contributed by atoms with van der Waals surface area (Å²) >= 11 is 0. The maximum Gasteiger partial charge on any atom is 0.251 e. The summed E-state index contributed by atoms with van der Waals surface area (Å²) < 4.78 is 31.3. The van der Waals surface area contributed by atoms with Crippen LogP contribution >= 0.6 is 0 Å². The van der Waals surface area contributed by atoms with E-state index in [4.69, 9.17) is 4.74 Å². The van der Waals surface area contributed by atoms with Crippen molar-refractivity contribution in [2.75, 3.05) is 7.11 Å². The minimum absolute atomic E-state index is 0.149. The second-order valence-corrected chi connectivity index (χ2v) is 4.60. The Morgan fingerprint density at radius 2 is 1.81 bits per heavy atom. The second-order valence-electron chi connectivity index (χ2n) is 4.60. The zero-order valence-electron chi connectivity index (χ0n) is 11.7. The first kappa shape index (κ1) is 15.0. The van der Waals surface area contributed by atoms with E-state index >= 15 is 0 Å². The zero-order valence-corrected chi connectivity index (χ0v) is 11.7. The maximum absolute atomic E-state index is 13.6. The van der Waals surface area contributed by atoms with E-state index in [1.54, 1.807) is 13.0 Å². The lowest BCUT2D eigenvalue weighted by atomic mass is 10.1. The molecule has 1 amide bonds. The highest BCUT2D eigenvalue weighted by Gasteiger charge is 2.13. The molecular formula is C16H15F2NO2. The fourth-order valence-electron chi connectivity index (χ4n) is 1.92. The number of carbonyl (C=O) groups excluding carboxylic acids is 1. The highest BCUT2D eigenvalue weighted by atomic mass is 19.1. The van der Waals surface area contributed by atoms with Gasteiger partial charge in [-0.25, -0.2) is 8.78 Å². The van der Waals surface area contributed by atoms with E-state index in [2.05, 4.69) is 5.32 Å². The predicted octanol–water partition coefficient (Wildman–Crippen LogP) is 3.46. The van der Waals surface area contributed by atoms with E-state index in [0.29, 0.717) is 11.1 Å². The number of carbonyl (C=O) groups is 1. The van der Waals surface area contributed by atoms with E-state index in [-0.39, 0.29) is 17.7 Å². The van der Waals surface area contributed by atoms with Gasteiger partial charge in [-0.2, -0.15) is 0 Å². The number of methoxy groups -OCH3 is 1. The summed E-state index contributed by atoms with van der Waals surface area (Å²) in [6, 6.07) is 9.33. The topological polar surface area (TPSA) is 38.3 Å². The Hall–Kier alpha value is -2.43. The Balaban J connectivity index is 2.10. The molecule has 0 aliphatic carbocycles. The number of halogens is 2. The molecule has 0 bridgehead atoms. The molecule has 5 heteroatoms. The highest BCUT2D eigenvalue weighted by molar-refractivity contribution is 5.94. The van der Waals surface area contributed by atoms with Crippen molar-refractivity contribution in [3.05, 3.63) is 65.2 Å². The van der Waals surface area contributed by atoms with Gasteiger partial charge in [0.2, 0.25) is 0 Å². The molecular weight excluding hydrogens is 276 g/mol. The highest BCUT2D eigenvalue weighted by Crippen LogP contribution is 2.22. The van der Waals surface area contributed by atoms with Crippen LogP contribution in [0.3, 0.4) is 0 Å². The third kappa shape index (κ3) is 3.56. The summed E-state index contributed by atoms with van der Waals surface area (Å²) in [5, 5.41) is 2.73. The van der Waals surface area contributed by atoms with Gasteiger partial charge in [0.1, 0.15) is 5.82 Å². The third-order valence-corrected chi connectivity index (χ3v) is 3.13. The van der Waals surface area contributed by atoms with Crippen molar-refractivity contribution in [2.45, 2.75) is 13.0 Å². The average molecular weight is 291 g/mol. The molecule has 1 N–H and O–H groups in total. The van der Waals surface area contributed by atoms with E-state index in [9.17, 15) is 13.6 Å². The average Bonchev–Trinajstić information content (AvgIpc) is 2.47. The molecule has 21 heavy (non-hydrogen) atoms. The Labute approximate surface area is 121 Å². The molecule has 0 fully saturated rings. The monoisotopic (exact) mass is 291 g/mol. The number of amides is 1. The Morgan fingerprint density at radius 3 is 2.38 bits per heavy atom. The minimum Gasteiger partial charge on any atom is -0.494 e. The van der Waals surface area contributed by atoms with Crippen molar-refractivity contribution in [1.29, 1.82) is 0 Å². The van der Waals surface area contributed by atoms with Crippen molar-refractivity contribution >= 4 is 5.91 Å². The van der Waals surface area contributed by atoms with Crippen LogP contribution in [0, 0.1) is 11.6 Å². The quantitative estimate of drug-likeness (QED) is 0.936. The summed E-state index contributed by atoms with van der Waals surface area (Å²) in [7, 11) is 1.39. The summed E-state index contributed by atoms with van der Waals surface area (Å²) in [6.45, 7) is 1.74. The first-order valence-electron chi connectivity index (χ1n) is 6.41. The van der Waals surface area contributed by atoms with E-state index in [1.807, 2.05) is 0 Å². The van der Waals surface area contributed by atoms with Gasteiger partial charge in [-0.3, -0.25) is 4.79 Å². The van der Waals surface area contributed by atoms with Gasteiger partial charge in [0.15, 0.2) is 11.6 Å². The van der Waals surface area contributed by atoms with Crippen molar-refractivity contribution < 1.29 is 18.3 Å². The summed E-state index contributed by atoms with van der Waals surface area (Å²) in [5.74, 6) is -1.09. The molecule has 1 atom stereocenters. The van der Waals surface area contributed by atoms with Gasteiger partial charge in [0, 0.05) is 5.56 Å². The number of rotatable bonds is 4. The molecule has 0 radical (unpaired) electrons. The van der Waals surface area contributed by atoms with Crippen LogP contribution in [-0.2, 0) is 0 Å². The molecule has 3 nitrogen and oxygen atoms in total. The zero-order chi connectivity index (χ0) is 15.4. The van der Waals surface area contributed by atoms with Crippen molar-refractivity contribution in [3.63, 3.8) is 0 Å². The second kappa shape index (κ2) is 6.35. The lowest BCUT2D eigenvalue weighted by Crippen LogP contribution is -2.26. The standard InChI is InChI=1S/C16H15F2NO2/c1-10(12-5-8-15(21-2)14(18)9-12)19-16(20)11-3-6-13(17)7-4-11/h3-10H,1-2H3,(H,19,20)/t10-/m1/s1. The van der Waals surface area contributed by atoms with Crippen LogP contribution in [0.1, 0.15) is 28.9 Å². The summed E-state index contributed by atoms with van der Waals surface area (Å²) in [6.07, 6.45) is 0. The minimum atomic E-state index is -0.488. The molecule has 110 valence electrons. The molecule has 0 unspecified atom stereocenters. The lowest BCUT2D eigenvalue weighted by Gasteiger charge is -2.15. The number of hydrogen-bond donors (Lipinski definition) is 1. The Kier molecular flexibility index (Phi) is 4.52. The van der Waals surface area contributed by atoms with Crippen LogP contribution in [0.4, 0.5) is 8.78 Å². The molecule has 2 rings (SSSR count). The number of nitrogens with one attached hydrogen (secondary N) is 1. The van der Waals surface area contributed by atoms with E-state index in [1.165, 1.54) is 43.5 Å². The summed E-state index contributed by atoms with van der Waals surface area (Å²) in [4.78, 5) is 12.0. The van der Waals surface area contributed by atoms with Gasteiger partial charge < -0.3 is 10.1 Å². The molecule has 0 aliphatic heterocycles. The lowest BCUT2D eigenvalue weighted by molar-refractivity contribution is 0.0939. The Morgan fingerprint density at radius 1 is 1.14 bits per heavy atom. The fraction of sp³-hybridized carbons (Fsp3) is 0.188. The van der Waals surface area contributed by atoms with Gasteiger partial charge in [-0.1, -0.05) is 6.07 Å². The third-order valence-electron chi connectivity index (χ3n) is 3.13. The SMILES string of the molecule is COc1ccc([C@@H](C)NC(=O)c2ccc(F)cc2)cc1F. The van der Waals surface area contributed by atoms with Gasteiger partial charge >= 0.3 is 0 Å². The van der Waals surface area contributed by atoms with E-state index < -0.39 is 11.6 Å². The molecule has 0 saturated heterocycles.